The van der Waals surface area contributed by atoms with Crippen LogP contribution in [0.15, 0.2) is 24.3 Å². The first kappa shape index (κ1) is 15.5. The van der Waals surface area contributed by atoms with E-state index in [9.17, 15) is 14.0 Å². The van der Waals surface area contributed by atoms with Gasteiger partial charge in [-0.2, -0.15) is 0 Å². The minimum absolute atomic E-state index is 0.0278. The van der Waals surface area contributed by atoms with Crippen molar-refractivity contribution in [1.29, 1.82) is 0 Å². The number of aromatic amines is 1. The Balaban J connectivity index is 1.81. The van der Waals surface area contributed by atoms with Gasteiger partial charge < -0.3 is 14.8 Å². The van der Waals surface area contributed by atoms with Crippen molar-refractivity contribution < 1.29 is 14.0 Å². The fraction of sp³-hybridized carbons (Fsp3) is 0.412. The van der Waals surface area contributed by atoms with Crippen LogP contribution in [0.5, 0.6) is 0 Å². The third-order valence-corrected chi connectivity index (χ3v) is 4.16. The van der Waals surface area contributed by atoms with Gasteiger partial charge in [-0.3, -0.25) is 9.59 Å². The van der Waals surface area contributed by atoms with Gasteiger partial charge in [-0.05, 0) is 31.0 Å². The zero-order valence-electron chi connectivity index (χ0n) is 13.1. The van der Waals surface area contributed by atoms with Gasteiger partial charge in [0.1, 0.15) is 18.1 Å². The number of H-pyrrole nitrogens is 1. The molecule has 1 fully saturated rings. The van der Waals surface area contributed by atoms with E-state index in [2.05, 4.69) is 4.98 Å². The van der Waals surface area contributed by atoms with Gasteiger partial charge in [0.15, 0.2) is 0 Å². The third-order valence-electron chi connectivity index (χ3n) is 4.16. The average Bonchev–Trinajstić information content (AvgIpc) is 2.89. The van der Waals surface area contributed by atoms with Crippen LogP contribution >= 0.6 is 0 Å². The molecule has 1 N–H and O–H groups in total. The third kappa shape index (κ3) is 3.06. The first-order chi connectivity index (χ1) is 11.1. The Morgan fingerprint density at radius 3 is 2.91 bits per heavy atom. The molecule has 0 atom stereocenters. The van der Waals surface area contributed by atoms with Crippen molar-refractivity contribution >= 4 is 22.7 Å². The van der Waals surface area contributed by atoms with Crippen LogP contribution in [0.25, 0.3) is 10.9 Å². The summed E-state index contributed by atoms with van der Waals surface area (Å²) in [6.45, 7) is 4.04. The molecule has 0 spiro atoms. The zero-order valence-corrected chi connectivity index (χ0v) is 13.1. The first-order valence-corrected chi connectivity index (χ1v) is 7.94. The summed E-state index contributed by atoms with van der Waals surface area (Å²) in [5, 5.41) is 0.393. The minimum atomic E-state index is -0.362. The van der Waals surface area contributed by atoms with Crippen molar-refractivity contribution in [1.82, 2.24) is 14.8 Å². The fourth-order valence-electron chi connectivity index (χ4n) is 3.00. The van der Waals surface area contributed by atoms with E-state index in [1.807, 2.05) is 6.92 Å². The van der Waals surface area contributed by atoms with Crippen LogP contribution < -0.4 is 0 Å². The summed E-state index contributed by atoms with van der Waals surface area (Å²) in [7, 11) is 0. The van der Waals surface area contributed by atoms with Gasteiger partial charge in [-0.1, -0.05) is 13.0 Å². The number of benzene rings is 1. The Hall–Kier alpha value is -2.37. The van der Waals surface area contributed by atoms with Crippen LogP contribution in [0.1, 0.15) is 30.3 Å². The second-order valence-corrected chi connectivity index (χ2v) is 5.85. The molecule has 0 saturated carbocycles. The smallest absolute Gasteiger partial charge is 0.270 e. The lowest BCUT2D eigenvalue weighted by Crippen LogP contribution is -2.39. The normalized spacial score (nSPS) is 16.0. The summed E-state index contributed by atoms with van der Waals surface area (Å²) in [5.41, 5.74) is 0.906. The lowest BCUT2D eigenvalue weighted by molar-refractivity contribution is -0.130. The van der Waals surface area contributed by atoms with Crippen molar-refractivity contribution in [3.63, 3.8) is 0 Å². The molecule has 6 heteroatoms. The lowest BCUT2D eigenvalue weighted by Gasteiger charge is -2.21. The summed E-state index contributed by atoms with van der Waals surface area (Å²) >= 11 is 0. The summed E-state index contributed by atoms with van der Waals surface area (Å²) in [6.07, 6.45) is 1.66. The van der Waals surface area contributed by atoms with Gasteiger partial charge in [0.2, 0.25) is 5.91 Å². The van der Waals surface area contributed by atoms with Crippen LogP contribution in [0, 0.1) is 5.82 Å². The number of nitrogens with one attached hydrogen (secondary N) is 1. The largest absolute Gasteiger partial charge is 0.350 e. The Bertz CT molecular complexity index is 741. The number of hydrogen-bond donors (Lipinski definition) is 1. The molecule has 2 amide bonds. The molecule has 0 unspecified atom stereocenters. The molecule has 122 valence electrons. The number of nitrogens with zero attached hydrogens (tertiary/aromatic N) is 2. The van der Waals surface area contributed by atoms with Gasteiger partial charge in [-0.15, -0.1) is 0 Å². The number of rotatable bonds is 3. The molecule has 1 aliphatic rings. The summed E-state index contributed by atoms with van der Waals surface area (Å²) < 4.78 is 13.8. The maximum absolute atomic E-state index is 13.8. The number of carbonyl (C=O) groups excluding carboxylic acids is 2. The van der Waals surface area contributed by atoms with E-state index in [0.717, 1.165) is 19.4 Å². The second kappa shape index (κ2) is 6.40. The quantitative estimate of drug-likeness (QED) is 0.945. The highest BCUT2D eigenvalue weighted by molar-refractivity contribution is 5.99. The second-order valence-electron chi connectivity index (χ2n) is 5.85. The Morgan fingerprint density at radius 1 is 1.35 bits per heavy atom. The predicted octanol–water partition coefficient (Wildman–Crippen LogP) is 2.39. The van der Waals surface area contributed by atoms with Crippen LogP contribution in [0.2, 0.25) is 0 Å². The molecule has 0 aliphatic carbocycles. The van der Waals surface area contributed by atoms with Crippen molar-refractivity contribution in [3.8, 4) is 0 Å². The van der Waals surface area contributed by atoms with Gasteiger partial charge in [0.05, 0.1) is 0 Å². The topological polar surface area (TPSA) is 56.4 Å². The number of fused-ring (bicyclic) bond motifs is 1. The maximum Gasteiger partial charge on any atom is 0.270 e. The molecular formula is C17H20FN3O2. The molecule has 3 rings (SSSR count). The van der Waals surface area contributed by atoms with E-state index < -0.39 is 0 Å². The standard InChI is InChI=1S/C17H20FN3O2/c1-2-7-20-8-4-9-21(11-16(20)22)17(23)15-10-12-13(18)5-3-6-14(12)19-15/h3,5-6,10,19H,2,4,7-9,11H2,1H3. The molecule has 2 aromatic rings. The minimum Gasteiger partial charge on any atom is -0.350 e. The highest BCUT2D eigenvalue weighted by Crippen LogP contribution is 2.20. The van der Waals surface area contributed by atoms with E-state index >= 15 is 0 Å². The summed E-state index contributed by atoms with van der Waals surface area (Å²) in [6, 6.07) is 6.21. The number of carbonyl (C=O) groups is 2. The van der Waals surface area contributed by atoms with Crippen LogP contribution in [-0.4, -0.2) is 52.8 Å². The average molecular weight is 317 g/mol. The lowest BCUT2D eigenvalue weighted by atomic mass is 10.2. The summed E-state index contributed by atoms with van der Waals surface area (Å²) in [5.74, 6) is -0.647. The Kier molecular flexibility index (Phi) is 4.32. The van der Waals surface area contributed by atoms with Crippen LogP contribution in [0.4, 0.5) is 4.39 Å². The number of aromatic nitrogens is 1. The molecule has 1 saturated heterocycles. The maximum atomic E-state index is 13.8. The van der Waals surface area contributed by atoms with Gasteiger partial charge >= 0.3 is 0 Å². The van der Waals surface area contributed by atoms with E-state index in [1.54, 1.807) is 21.9 Å². The van der Waals surface area contributed by atoms with E-state index in [4.69, 9.17) is 0 Å². The van der Waals surface area contributed by atoms with Crippen molar-refractivity contribution in [2.45, 2.75) is 19.8 Å². The molecule has 2 heterocycles. The van der Waals surface area contributed by atoms with Crippen LogP contribution in [-0.2, 0) is 4.79 Å². The molecule has 0 bridgehead atoms. The molecule has 1 aromatic heterocycles. The van der Waals surface area contributed by atoms with Crippen LogP contribution in [0.3, 0.4) is 0 Å². The van der Waals surface area contributed by atoms with E-state index in [-0.39, 0.29) is 24.2 Å². The highest BCUT2D eigenvalue weighted by Gasteiger charge is 2.26. The summed E-state index contributed by atoms with van der Waals surface area (Å²) in [4.78, 5) is 31.2. The molecule has 1 aromatic carbocycles. The van der Waals surface area contributed by atoms with Gasteiger partial charge in [0.25, 0.3) is 5.91 Å². The zero-order chi connectivity index (χ0) is 16.4. The SMILES string of the molecule is CCCN1CCCN(C(=O)c2cc3c(F)cccc3[nH]2)CC1=O. The van der Waals surface area contributed by atoms with Gasteiger partial charge in [-0.25, -0.2) is 4.39 Å². The first-order valence-electron chi connectivity index (χ1n) is 7.94. The van der Waals surface area contributed by atoms with Crippen molar-refractivity contribution in [3.05, 3.63) is 35.8 Å². The van der Waals surface area contributed by atoms with Gasteiger partial charge in [0, 0.05) is 30.5 Å². The molecule has 5 nitrogen and oxygen atoms in total. The van der Waals surface area contributed by atoms with Crippen molar-refractivity contribution in [2.24, 2.45) is 0 Å². The number of hydrogen-bond acceptors (Lipinski definition) is 2. The Labute approximate surface area is 134 Å². The molecular weight excluding hydrogens is 297 g/mol. The molecule has 0 radical (unpaired) electrons. The Morgan fingerprint density at radius 2 is 2.17 bits per heavy atom. The number of halogens is 1. The fourth-order valence-corrected chi connectivity index (χ4v) is 3.00. The molecule has 23 heavy (non-hydrogen) atoms. The monoisotopic (exact) mass is 317 g/mol. The molecule has 1 aliphatic heterocycles. The highest BCUT2D eigenvalue weighted by atomic mass is 19.1. The van der Waals surface area contributed by atoms with E-state index in [0.29, 0.717) is 29.7 Å². The predicted molar refractivity (Wildman–Crippen MR) is 85.6 cm³/mol. The van der Waals surface area contributed by atoms with E-state index in [1.165, 1.54) is 12.1 Å². The number of amides is 2. The van der Waals surface area contributed by atoms with Crippen molar-refractivity contribution in [2.75, 3.05) is 26.2 Å².